The molecule has 2 N–H and O–H groups in total. The van der Waals surface area contributed by atoms with Gasteiger partial charge in [-0.25, -0.2) is 0 Å². The van der Waals surface area contributed by atoms with Crippen molar-refractivity contribution in [3.63, 3.8) is 0 Å². The summed E-state index contributed by atoms with van der Waals surface area (Å²) in [7, 11) is 4.06. The second-order valence-electron chi connectivity index (χ2n) is 22.5. The molecule has 6 rings (SSSR count). The Morgan fingerprint density at radius 3 is 2.12 bits per heavy atom. The first-order valence-electron chi connectivity index (χ1n) is 22.8. The highest BCUT2D eigenvalue weighted by molar-refractivity contribution is 6.00. The van der Waals surface area contributed by atoms with Gasteiger partial charge in [-0.1, -0.05) is 73.3 Å². The summed E-state index contributed by atoms with van der Waals surface area (Å²) in [4.78, 5) is 57.5. The Labute approximate surface area is 344 Å². The zero-order chi connectivity index (χ0) is 42.1. The van der Waals surface area contributed by atoms with Gasteiger partial charge in [-0.2, -0.15) is 0 Å². The maximum Gasteiger partial charge on any atom is 0.309 e. The van der Waals surface area contributed by atoms with Crippen molar-refractivity contribution in [3.8, 4) is 0 Å². The van der Waals surface area contributed by atoms with Crippen LogP contribution in [0, 0.1) is 62.1 Å². The van der Waals surface area contributed by atoms with Gasteiger partial charge < -0.3 is 24.7 Å². The van der Waals surface area contributed by atoms with Crippen LogP contribution in [-0.2, 0) is 23.9 Å². The molecule has 0 aromatic heterocycles. The van der Waals surface area contributed by atoms with Gasteiger partial charge in [0.05, 0.1) is 17.9 Å². The molecule has 9 nitrogen and oxygen atoms in total. The molecule has 0 heterocycles. The molecular formula is C48H78N2O7. The van der Waals surface area contributed by atoms with Gasteiger partial charge in [0.25, 0.3) is 0 Å². The van der Waals surface area contributed by atoms with Crippen molar-refractivity contribution in [1.29, 1.82) is 0 Å². The van der Waals surface area contributed by atoms with E-state index < -0.39 is 28.9 Å². The number of ether oxygens (including phenoxy) is 1. The van der Waals surface area contributed by atoms with Gasteiger partial charge in [0.1, 0.15) is 6.10 Å². The summed E-state index contributed by atoms with van der Waals surface area (Å²) >= 11 is 0. The van der Waals surface area contributed by atoms with Crippen molar-refractivity contribution < 1.29 is 34.1 Å². The summed E-state index contributed by atoms with van der Waals surface area (Å²) in [5.41, 5.74) is 0.103. The summed E-state index contributed by atoms with van der Waals surface area (Å²) in [6.07, 6.45) is 11.9. The standard InChI is InChI=1S/C48H78N2O7/c1-30(2)39-33(51)27-48(36(52)29-50(26-25-49(10)11)41(54)31-15-13-12-14-16-31)24-23-46(8)32(40(39)48)17-18-35-45(7)21-20-37(57-38(53)28-43(3,4)42(55)56)44(5,6)34(45)19-22-47(35,46)9/h30-32,34-37,52H,12-29H2,1-11H3,(H,55,56)/t32-,34+,35-,36+,37+,45+,46-,47-,48+/m1/s1. The second kappa shape index (κ2) is 15.6. The fourth-order valence-electron chi connectivity index (χ4n) is 14.5. The van der Waals surface area contributed by atoms with Crippen LogP contribution in [0.2, 0.25) is 0 Å². The van der Waals surface area contributed by atoms with Crippen LogP contribution in [0.5, 0.6) is 0 Å². The summed E-state index contributed by atoms with van der Waals surface area (Å²) in [6.45, 7) is 21.2. The Morgan fingerprint density at radius 2 is 1.51 bits per heavy atom. The van der Waals surface area contributed by atoms with Crippen LogP contribution < -0.4 is 0 Å². The summed E-state index contributed by atoms with van der Waals surface area (Å²) < 4.78 is 6.19. The molecule has 6 aliphatic rings. The number of carboxylic acids is 1. The van der Waals surface area contributed by atoms with E-state index in [1.165, 1.54) is 12.0 Å². The molecule has 5 fully saturated rings. The van der Waals surface area contributed by atoms with E-state index in [9.17, 15) is 29.4 Å². The van der Waals surface area contributed by atoms with Crippen LogP contribution >= 0.6 is 0 Å². The van der Waals surface area contributed by atoms with Crippen LogP contribution in [0.1, 0.15) is 159 Å². The lowest BCUT2D eigenvalue weighted by Crippen LogP contribution is -2.66. The molecule has 0 radical (unpaired) electrons. The number of carbonyl (C=O) groups is 4. The first-order valence-corrected chi connectivity index (χ1v) is 22.8. The molecule has 0 spiro atoms. The Kier molecular flexibility index (Phi) is 12.2. The van der Waals surface area contributed by atoms with Crippen molar-refractivity contribution in [3.05, 3.63) is 11.1 Å². The molecular weight excluding hydrogens is 717 g/mol. The number of aliphatic carboxylic acids is 1. The number of esters is 1. The van der Waals surface area contributed by atoms with Crippen LogP contribution in [0.3, 0.4) is 0 Å². The predicted molar refractivity (Wildman–Crippen MR) is 223 cm³/mol. The quantitative estimate of drug-likeness (QED) is 0.188. The molecule has 0 saturated heterocycles. The first kappa shape index (κ1) is 44.3. The van der Waals surface area contributed by atoms with Gasteiger partial charge in [-0.15, -0.1) is 0 Å². The van der Waals surface area contributed by atoms with Gasteiger partial charge in [-0.05, 0) is 138 Å². The Hall–Kier alpha value is -2.26. The minimum atomic E-state index is -1.18. The maximum atomic E-state index is 14.3. The van der Waals surface area contributed by atoms with E-state index in [0.29, 0.717) is 24.8 Å². The second-order valence-corrected chi connectivity index (χ2v) is 22.5. The normalized spacial score (nSPS) is 37.3. The molecule has 6 aliphatic carbocycles. The minimum Gasteiger partial charge on any atom is -0.481 e. The van der Waals surface area contributed by atoms with Gasteiger partial charge >= 0.3 is 11.9 Å². The molecule has 9 heteroatoms. The molecule has 0 aromatic carbocycles. The number of aliphatic hydroxyl groups is 1. The van der Waals surface area contributed by atoms with E-state index in [-0.39, 0.29) is 70.2 Å². The summed E-state index contributed by atoms with van der Waals surface area (Å²) in [5.74, 6) is 0.0470. The molecule has 0 aromatic rings. The average molecular weight is 795 g/mol. The highest BCUT2D eigenvalue weighted by atomic mass is 16.5. The van der Waals surface area contributed by atoms with E-state index in [2.05, 4.69) is 53.4 Å². The van der Waals surface area contributed by atoms with E-state index in [1.807, 2.05) is 19.0 Å². The summed E-state index contributed by atoms with van der Waals surface area (Å²) in [5, 5.41) is 22.3. The largest absolute Gasteiger partial charge is 0.481 e. The third-order valence-electron chi connectivity index (χ3n) is 18.0. The Balaban J connectivity index is 1.29. The number of carbonyl (C=O) groups excluding carboxylic acids is 3. The van der Waals surface area contributed by atoms with Crippen LogP contribution in [-0.4, -0.2) is 89.6 Å². The van der Waals surface area contributed by atoms with Crippen molar-refractivity contribution in [2.24, 2.45) is 62.1 Å². The molecule has 322 valence electrons. The van der Waals surface area contributed by atoms with Gasteiger partial charge in [0.2, 0.25) is 5.91 Å². The fraction of sp³-hybridized carbons (Fsp3) is 0.875. The number of Topliss-reactive ketones (excluding diaryl/α,β-unsaturated/α-hetero) is 1. The lowest BCUT2D eigenvalue weighted by molar-refractivity contribution is -0.235. The number of rotatable bonds is 12. The SMILES string of the molecule is CC(C)C1=C2[C@H]3CC[C@@H]4[C@@]5(C)CC[C@H](OC(=O)CC(C)(C)C(=O)O)C(C)(C)[C@@H]5CC[C@@]4(C)[C@]3(C)CC[C@@]2([C@@H](O)CN(CCN(C)C)C(=O)C2CCCCC2)CC1=O. The van der Waals surface area contributed by atoms with Crippen molar-refractivity contribution in [2.45, 2.75) is 171 Å². The lowest BCUT2D eigenvalue weighted by atomic mass is 9.33. The number of aliphatic hydroxyl groups excluding tert-OH is 1. The Bertz CT molecular complexity index is 1610. The number of ketones is 1. The van der Waals surface area contributed by atoms with E-state index in [0.717, 1.165) is 89.2 Å². The molecule has 0 aliphatic heterocycles. The fourth-order valence-corrected chi connectivity index (χ4v) is 14.5. The number of nitrogens with zero attached hydrogens (tertiary/aromatic N) is 2. The Morgan fingerprint density at radius 1 is 0.842 bits per heavy atom. The minimum absolute atomic E-state index is 0.0127. The van der Waals surface area contributed by atoms with Crippen LogP contribution in [0.4, 0.5) is 0 Å². The highest BCUT2D eigenvalue weighted by Crippen LogP contribution is 2.77. The van der Waals surface area contributed by atoms with Crippen molar-refractivity contribution in [2.75, 3.05) is 33.7 Å². The monoisotopic (exact) mass is 795 g/mol. The number of fused-ring (bicyclic) bond motifs is 7. The van der Waals surface area contributed by atoms with Crippen LogP contribution in [0.25, 0.3) is 0 Å². The zero-order valence-corrected chi connectivity index (χ0v) is 37.6. The van der Waals surface area contributed by atoms with E-state index in [1.54, 1.807) is 13.8 Å². The third-order valence-corrected chi connectivity index (χ3v) is 18.0. The first-order chi connectivity index (χ1) is 26.5. The van der Waals surface area contributed by atoms with E-state index in [4.69, 9.17) is 4.74 Å². The highest BCUT2D eigenvalue weighted by Gasteiger charge is 2.71. The van der Waals surface area contributed by atoms with Gasteiger partial charge in [0, 0.05) is 42.8 Å². The number of allylic oxidation sites excluding steroid dienone is 1. The van der Waals surface area contributed by atoms with Crippen molar-refractivity contribution >= 4 is 23.6 Å². The lowest BCUT2D eigenvalue weighted by Gasteiger charge is -2.72. The number of amides is 1. The van der Waals surface area contributed by atoms with Gasteiger partial charge in [-0.3, -0.25) is 19.2 Å². The third kappa shape index (κ3) is 7.37. The molecule has 0 bridgehead atoms. The topological polar surface area (TPSA) is 124 Å². The average Bonchev–Trinajstić information content (AvgIpc) is 3.44. The molecule has 0 unspecified atom stereocenters. The summed E-state index contributed by atoms with van der Waals surface area (Å²) in [6, 6.07) is 0. The number of likely N-dealkylation sites (N-methyl/N-ethyl adjacent to an activating group) is 1. The van der Waals surface area contributed by atoms with Crippen molar-refractivity contribution in [1.82, 2.24) is 9.80 Å². The molecule has 57 heavy (non-hydrogen) atoms. The number of hydrogen-bond donors (Lipinski definition) is 2. The smallest absolute Gasteiger partial charge is 0.309 e. The number of hydrogen-bond acceptors (Lipinski definition) is 7. The maximum absolute atomic E-state index is 14.3. The molecule has 5 saturated carbocycles. The zero-order valence-electron chi connectivity index (χ0n) is 37.6. The molecule has 1 amide bonds. The number of carboxylic acid groups (broad SMARTS) is 1. The van der Waals surface area contributed by atoms with E-state index >= 15 is 0 Å². The predicted octanol–water partition coefficient (Wildman–Crippen LogP) is 8.71. The van der Waals surface area contributed by atoms with Crippen LogP contribution in [0.15, 0.2) is 11.1 Å². The molecule has 9 atom stereocenters. The van der Waals surface area contributed by atoms with Gasteiger partial charge in [0.15, 0.2) is 5.78 Å².